The number of aryl methyl sites for hydroxylation is 3. The van der Waals surface area contributed by atoms with Crippen molar-refractivity contribution >= 4 is 23.0 Å². The topological polar surface area (TPSA) is 71.6 Å². The Morgan fingerprint density at radius 1 is 1.08 bits per heavy atom. The third-order valence-electron chi connectivity index (χ3n) is 3.93. The van der Waals surface area contributed by atoms with Crippen LogP contribution in [0.5, 0.6) is 0 Å². The van der Waals surface area contributed by atoms with Gasteiger partial charge in [0.2, 0.25) is 0 Å². The van der Waals surface area contributed by atoms with E-state index in [1.54, 1.807) is 17.1 Å². The summed E-state index contributed by atoms with van der Waals surface area (Å²) >= 11 is 0. The molecule has 1 N–H and O–H groups in total. The molecule has 2 aromatic carbocycles. The predicted molar refractivity (Wildman–Crippen MR) is 102 cm³/mol. The van der Waals surface area contributed by atoms with E-state index in [4.69, 9.17) is 0 Å². The number of aromatic nitrogens is 2. The first-order chi connectivity index (χ1) is 12.5. The van der Waals surface area contributed by atoms with Crippen molar-refractivity contribution < 1.29 is 4.79 Å². The van der Waals surface area contributed by atoms with Gasteiger partial charge < -0.3 is 5.32 Å². The molecule has 0 radical (unpaired) electrons. The van der Waals surface area contributed by atoms with Crippen LogP contribution in [0.1, 0.15) is 28.4 Å². The van der Waals surface area contributed by atoms with Crippen LogP contribution < -0.4 is 5.32 Å². The quantitative estimate of drug-likeness (QED) is 0.645. The molecule has 1 amide bonds. The maximum Gasteiger partial charge on any atom is 0.258 e. The number of rotatable bonds is 5. The third kappa shape index (κ3) is 4.22. The minimum Gasteiger partial charge on any atom is -0.320 e. The Balaban J connectivity index is 1.83. The first-order valence-electron chi connectivity index (χ1n) is 8.48. The Kier molecular flexibility index (Phi) is 5.22. The number of nitrogens with zero attached hydrogens (tertiary/aromatic N) is 4. The molecule has 132 valence electrons. The maximum atomic E-state index is 12.5. The Bertz CT molecular complexity index is 941. The number of carbonyl (C=O) groups excluding carboxylic acids is 1. The molecular formula is C20H21N5O. The molecule has 0 spiro atoms. The van der Waals surface area contributed by atoms with Gasteiger partial charge in [-0.2, -0.15) is 10.2 Å². The summed E-state index contributed by atoms with van der Waals surface area (Å²) in [6.07, 6.45) is 3.28. The monoisotopic (exact) mass is 347 g/mol. The van der Waals surface area contributed by atoms with E-state index in [0.29, 0.717) is 23.5 Å². The second-order valence-corrected chi connectivity index (χ2v) is 6.09. The molecule has 26 heavy (non-hydrogen) atoms. The van der Waals surface area contributed by atoms with Crippen molar-refractivity contribution in [3.63, 3.8) is 0 Å². The van der Waals surface area contributed by atoms with Gasteiger partial charge in [0.1, 0.15) is 5.69 Å². The molecule has 0 saturated carbocycles. The number of benzene rings is 2. The molecule has 0 saturated heterocycles. The second kappa shape index (κ2) is 7.74. The van der Waals surface area contributed by atoms with Crippen LogP contribution in [0.4, 0.5) is 17.1 Å². The van der Waals surface area contributed by atoms with Crippen molar-refractivity contribution in [3.05, 3.63) is 71.5 Å². The van der Waals surface area contributed by atoms with E-state index >= 15 is 0 Å². The molecule has 0 aliphatic rings. The fourth-order valence-electron chi connectivity index (χ4n) is 2.40. The lowest BCUT2D eigenvalue weighted by Crippen LogP contribution is -2.11. The largest absolute Gasteiger partial charge is 0.320 e. The van der Waals surface area contributed by atoms with Gasteiger partial charge in [0.15, 0.2) is 0 Å². The molecule has 3 aromatic rings. The molecule has 0 bridgehead atoms. The van der Waals surface area contributed by atoms with E-state index in [1.165, 1.54) is 5.56 Å². The van der Waals surface area contributed by atoms with E-state index in [2.05, 4.69) is 20.6 Å². The number of hydrogen-bond acceptors (Lipinski definition) is 4. The first-order valence-corrected chi connectivity index (χ1v) is 8.48. The van der Waals surface area contributed by atoms with Gasteiger partial charge in [0, 0.05) is 12.7 Å². The molecule has 0 fully saturated rings. The summed E-state index contributed by atoms with van der Waals surface area (Å²) in [4.78, 5) is 12.5. The molecule has 0 unspecified atom stereocenters. The van der Waals surface area contributed by atoms with E-state index < -0.39 is 0 Å². The second-order valence-electron chi connectivity index (χ2n) is 6.09. The van der Waals surface area contributed by atoms with E-state index in [1.807, 2.05) is 63.2 Å². The van der Waals surface area contributed by atoms with Crippen LogP contribution in [0.3, 0.4) is 0 Å². The molecule has 6 nitrogen and oxygen atoms in total. The summed E-state index contributed by atoms with van der Waals surface area (Å²) in [6, 6.07) is 13.4. The predicted octanol–water partition coefficient (Wildman–Crippen LogP) is 5.19. The van der Waals surface area contributed by atoms with Gasteiger partial charge >= 0.3 is 0 Å². The van der Waals surface area contributed by atoms with Crippen LogP contribution in [-0.4, -0.2) is 15.7 Å². The third-order valence-corrected chi connectivity index (χ3v) is 3.93. The van der Waals surface area contributed by atoms with Crippen LogP contribution in [-0.2, 0) is 6.54 Å². The number of anilines is 1. The minimum absolute atomic E-state index is 0.222. The average molecular weight is 347 g/mol. The number of hydrogen-bond donors (Lipinski definition) is 1. The van der Waals surface area contributed by atoms with Gasteiger partial charge in [-0.1, -0.05) is 23.8 Å². The van der Waals surface area contributed by atoms with Gasteiger partial charge in [-0.25, -0.2) is 0 Å². The fraction of sp³-hybridized carbons (Fsp3) is 0.200. The lowest BCUT2D eigenvalue weighted by molar-refractivity contribution is 0.102. The highest BCUT2D eigenvalue weighted by molar-refractivity contribution is 6.05. The smallest absolute Gasteiger partial charge is 0.258 e. The van der Waals surface area contributed by atoms with Crippen molar-refractivity contribution in [3.8, 4) is 0 Å². The van der Waals surface area contributed by atoms with Gasteiger partial charge in [0.25, 0.3) is 5.91 Å². The molecule has 6 heteroatoms. The lowest BCUT2D eigenvalue weighted by atomic mass is 10.2. The molecular weight excluding hydrogens is 326 g/mol. The SMILES string of the molecule is CCn1cc(C(=O)Nc2ccc(C)cc2N=Nc2ccc(C)cc2)cn1. The number of nitrogens with one attached hydrogen (secondary N) is 1. The van der Waals surface area contributed by atoms with Crippen molar-refractivity contribution in [1.82, 2.24) is 9.78 Å². The lowest BCUT2D eigenvalue weighted by Gasteiger charge is -2.07. The Labute approximate surface area is 152 Å². The number of amides is 1. The normalized spacial score (nSPS) is 11.0. The van der Waals surface area contributed by atoms with E-state index in [9.17, 15) is 4.79 Å². The Hall–Kier alpha value is -3.28. The Morgan fingerprint density at radius 2 is 1.81 bits per heavy atom. The molecule has 0 aliphatic heterocycles. The van der Waals surface area contributed by atoms with E-state index in [-0.39, 0.29) is 5.91 Å². The van der Waals surface area contributed by atoms with Crippen LogP contribution in [0.25, 0.3) is 0 Å². The highest BCUT2D eigenvalue weighted by Gasteiger charge is 2.11. The summed E-state index contributed by atoms with van der Waals surface area (Å²) in [7, 11) is 0. The van der Waals surface area contributed by atoms with Crippen molar-refractivity contribution in [2.45, 2.75) is 27.3 Å². The van der Waals surface area contributed by atoms with Gasteiger partial charge in [-0.3, -0.25) is 9.48 Å². The van der Waals surface area contributed by atoms with Crippen molar-refractivity contribution in [2.24, 2.45) is 10.2 Å². The standard InChI is InChI=1S/C20H21N5O/c1-4-25-13-16(12-21-25)20(26)22-18-10-7-15(3)11-19(18)24-23-17-8-5-14(2)6-9-17/h5-13H,4H2,1-3H3,(H,22,26). The maximum absolute atomic E-state index is 12.5. The summed E-state index contributed by atoms with van der Waals surface area (Å²) in [5, 5.41) is 15.6. The Morgan fingerprint density at radius 3 is 2.50 bits per heavy atom. The van der Waals surface area contributed by atoms with Crippen LogP contribution >= 0.6 is 0 Å². The van der Waals surface area contributed by atoms with Gasteiger partial charge in [-0.05, 0) is 50.6 Å². The zero-order chi connectivity index (χ0) is 18.5. The fourth-order valence-corrected chi connectivity index (χ4v) is 2.40. The average Bonchev–Trinajstić information content (AvgIpc) is 3.12. The summed E-state index contributed by atoms with van der Waals surface area (Å²) < 4.78 is 1.71. The molecule has 1 aromatic heterocycles. The van der Waals surface area contributed by atoms with Crippen LogP contribution in [0.2, 0.25) is 0 Å². The highest BCUT2D eigenvalue weighted by atomic mass is 16.1. The van der Waals surface area contributed by atoms with E-state index in [0.717, 1.165) is 11.3 Å². The van der Waals surface area contributed by atoms with Crippen molar-refractivity contribution in [1.29, 1.82) is 0 Å². The summed E-state index contributed by atoms with van der Waals surface area (Å²) in [5.41, 5.74) is 4.70. The number of azo groups is 1. The van der Waals surface area contributed by atoms with Crippen LogP contribution in [0.15, 0.2) is 65.1 Å². The first kappa shape index (κ1) is 17.5. The molecule has 0 aliphatic carbocycles. The summed E-state index contributed by atoms with van der Waals surface area (Å²) in [6.45, 7) is 6.68. The van der Waals surface area contributed by atoms with Crippen LogP contribution in [0, 0.1) is 13.8 Å². The highest BCUT2D eigenvalue weighted by Crippen LogP contribution is 2.28. The van der Waals surface area contributed by atoms with Crippen molar-refractivity contribution in [2.75, 3.05) is 5.32 Å². The molecule has 0 atom stereocenters. The summed E-state index contributed by atoms with van der Waals surface area (Å²) in [5.74, 6) is -0.222. The molecule has 1 heterocycles. The minimum atomic E-state index is -0.222. The van der Waals surface area contributed by atoms with Gasteiger partial charge in [-0.15, -0.1) is 5.11 Å². The molecule has 3 rings (SSSR count). The zero-order valence-electron chi connectivity index (χ0n) is 15.1. The number of carbonyl (C=O) groups is 1. The zero-order valence-corrected chi connectivity index (χ0v) is 15.1. The van der Waals surface area contributed by atoms with Gasteiger partial charge in [0.05, 0.1) is 23.1 Å².